The van der Waals surface area contributed by atoms with Crippen molar-refractivity contribution in [2.75, 3.05) is 0 Å². The molecule has 2 rings (SSSR count). The highest BCUT2D eigenvalue weighted by Gasteiger charge is 2.59. The molecule has 2 aliphatic heterocycles. The van der Waals surface area contributed by atoms with Crippen LogP contribution in [0.2, 0.25) is 36.3 Å². The van der Waals surface area contributed by atoms with E-state index in [-0.39, 0.29) is 34.2 Å². The van der Waals surface area contributed by atoms with Gasteiger partial charge >= 0.3 is 0 Å². The molecule has 0 aromatic carbocycles. The summed E-state index contributed by atoms with van der Waals surface area (Å²) in [6.45, 7) is 22.3. The lowest BCUT2D eigenvalue weighted by Gasteiger charge is -2.45. The Kier molecular flexibility index (Phi) is 5.08. The third-order valence-electron chi connectivity index (χ3n) is 6.50. The number of Topliss-reactive ketones (excluding diaryl/α,β-unsaturated/α-hetero) is 1. The second-order valence-electron chi connectivity index (χ2n) is 10.5. The molecule has 0 aromatic heterocycles. The summed E-state index contributed by atoms with van der Waals surface area (Å²) in [7, 11) is -3.95. The van der Waals surface area contributed by atoms with E-state index in [4.69, 9.17) is 13.6 Å². The number of hydrogen-bond acceptors (Lipinski definition) is 4. The molecule has 2 bridgehead atoms. The third kappa shape index (κ3) is 3.58. The van der Waals surface area contributed by atoms with Crippen LogP contribution in [0.3, 0.4) is 0 Å². The maximum atomic E-state index is 12.3. The lowest BCUT2D eigenvalue weighted by Crippen LogP contribution is -2.56. The zero-order chi connectivity index (χ0) is 18.7. The van der Waals surface area contributed by atoms with Crippen molar-refractivity contribution in [2.45, 2.75) is 109 Å². The lowest BCUT2D eigenvalue weighted by atomic mass is 9.94. The number of rotatable bonds is 4. The summed E-state index contributed by atoms with van der Waals surface area (Å²) in [5.74, 6) is 0.179. The van der Waals surface area contributed by atoms with Gasteiger partial charge in [0.25, 0.3) is 0 Å². The van der Waals surface area contributed by atoms with Crippen LogP contribution in [0.5, 0.6) is 0 Å². The zero-order valence-corrected chi connectivity index (χ0v) is 19.1. The number of carbonyl (C=O) groups is 1. The predicted molar refractivity (Wildman–Crippen MR) is 102 cm³/mol. The Morgan fingerprint density at radius 1 is 0.875 bits per heavy atom. The SMILES string of the molecule is CC(C)(C)[Si](C)(C)O[C@@H]1[C@H](O[Si](C)(C)C(C)(C)C)[C@H]2CC(=O)[C@@H]1O2. The fraction of sp³-hybridized carbons (Fsp3) is 0.944. The molecule has 2 aliphatic rings. The molecule has 0 amide bonds. The van der Waals surface area contributed by atoms with Gasteiger partial charge in [-0.2, -0.15) is 0 Å². The highest BCUT2D eigenvalue weighted by molar-refractivity contribution is 6.74. The summed E-state index contributed by atoms with van der Waals surface area (Å²) in [5.41, 5.74) is 0. The molecule has 24 heavy (non-hydrogen) atoms. The lowest BCUT2D eigenvalue weighted by molar-refractivity contribution is -0.126. The van der Waals surface area contributed by atoms with Crippen LogP contribution in [0, 0.1) is 0 Å². The molecule has 0 N–H and O–H groups in total. The van der Waals surface area contributed by atoms with E-state index in [0.717, 1.165) is 0 Å². The van der Waals surface area contributed by atoms with Crippen molar-refractivity contribution in [3.63, 3.8) is 0 Å². The normalized spacial score (nSPS) is 31.8. The average Bonchev–Trinajstić information content (AvgIpc) is 2.84. The minimum atomic E-state index is -2.00. The van der Waals surface area contributed by atoms with E-state index in [1.165, 1.54) is 0 Å². The molecule has 2 heterocycles. The van der Waals surface area contributed by atoms with Crippen molar-refractivity contribution in [2.24, 2.45) is 0 Å². The quantitative estimate of drug-likeness (QED) is 0.681. The number of fused-ring (bicyclic) bond motifs is 2. The molecular weight excluding hydrogens is 336 g/mol. The Balaban J connectivity index is 2.25. The maximum Gasteiger partial charge on any atom is 0.192 e. The Bertz CT molecular complexity index is 502. The van der Waals surface area contributed by atoms with Crippen LogP contribution in [0.25, 0.3) is 0 Å². The molecule has 0 aliphatic carbocycles. The van der Waals surface area contributed by atoms with Crippen LogP contribution >= 0.6 is 0 Å². The summed E-state index contributed by atoms with van der Waals surface area (Å²) in [5, 5.41) is 0.222. The summed E-state index contributed by atoms with van der Waals surface area (Å²) in [6.07, 6.45) is -0.444. The minimum Gasteiger partial charge on any atom is -0.409 e. The molecular formula is C18H36O4Si2. The van der Waals surface area contributed by atoms with Crippen molar-refractivity contribution in [3.05, 3.63) is 0 Å². The van der Waals surface area contributed by atoms with Gasteiger partial charge in [-0.1, -0.05) is 41.5 Å². The Morgan fingerprint density at radius 2 is 1.29 bits per heavy atom. The van der Waals surface area contributed by atoms with Crippen LogP contribution in [0.1, 0.15) is 48.0 Å². The Labute approximate surface area is 149 Å². The first-order chi connectivity index (χ1) is 10.6. The molecule has 0 unspecified atom stereocenters. The standard InChI is InChI=1S/C18H36O4Si2/c1-17(2,3)23(7,8)21-15-13-11-12(19)14(20-13)16(15)22-24(9,10)18(4,5)6/h13-16H,11H2,1-10H3/t13-,14+,15-,16+/m1/s1. The van der Waals surface area contributed by atoms with Gasteiger partial charge in [0.2, 0.25) is 0 Å². The first kappa shape index (κ1) is 20.3. The van der Waals surface area contributed by atoms with Gasteiger partial charge in [-0.3, -0.25) is 4.79 Å². The summed E-state index contributed by atoms with van der Waals surface area (Å²) in [4.78, 5) is 12.3. The Morgan fingerprint density at radius 3 is 1.71 bits per heavy atom. The van der Waals surface area contributed by atoms with Crippen molar-refractivity contribution >= 4 is 22.4 Å². The fourth-order valence-corrected chi connectivity index (χ4v) is 5.38. The van der Waals surface area contributed by atoms with Crippen molar-refractivity contribution < 1.29 is 18.4 Å². The van der Waals surface area contributed by atoms with Gasteiger partial charge in [0.05, 0.1) is 12.2 Å². The van der Waals surface area contributed by atoms with E-state index in [1.807, 2.05) is 0 Å². The van der Waals surface area contributed by atoms with E-state index in [2.05, 4.69) is 67.7 Å². The fourth-order valence-electron chi connectivity index (χ4n) is 2.77. The van der Waals surface area contributed by atoms with Gasteiger partial charge in [-0.25, -0.2) is 0 Å². The maximum absolute atomic E-state index is 12.3. The number of ether oxygens (including phenoxy) is 1. The van der Waals surface area contributed by atoms with Gasteiger partial charge in [-0.05, 0) is 36.3 Å². The minimum absolute atomic E-state index is 0.0966. The van der Waals surface area contributed by atoms with Gasteiger partial charge in [-0.15, -0.1) is 0 Å². The Hall–Kier alpha value is -0.0162. The molecule has 2 fully saturated rings. The second kappa shape index (κ2) is 6.01. The van der Waals surface area contributed by atoms with Crippen LogP contribution < -0.4 is 0 Å². The van der Waals surface area contributed by atoms with Crippen LogP contribution in [-0.2, 0) is 18.4 Å². The van der Waals surface area contributed by atoms with E-state index in [0.29, 0.717) is 6.42 Å². The molecule has 0 saturated carbocycles. The van der Waals surface area contributed by atoms with E-state index < -0.39 is 22.7 Å². The van der Waals surface area contributed by atoms with E-state index in [9.17, 15) is 4.79 Å². The molecule has 0 aromatic rings. The number of ketones is 1. The molecule has 6 heteroatoms. The van der Waals surface area contributed by atoms with Gasteiger partial charge in [0.15, 0.2) is 22.4 Å². The summed E-state index contributed by atoms with van der Waals surface area (Å²) < 4.78 is 19.3. The van der Waals surface area contributed by atoms with Gasteiger partial charge in [0.1, 0.15) is 12.2 Å². The topological polar surface area (TPSA) is 44.8 Å². The van der Waals surface area contributed by atoms with E-state index >= 15 is 0 Å². The number of carbonyl (C=O) groups excluding carboxylic acids is 1. The van der Waals surface area contributed by atoms with Crippen LogP contribution in [0.15, 0.2) is 0 Å². The number of hydrogen-bond donors (Lipinski definition) is 0. The largest absolute Gasteiger partial charge is 0.409 e. The average molecular weight is 373 g/mol. The summed E-state index contributed by atoms with van der Waals surface area (Å²) >= 11 is 0. The smallest absolute Gasteiger partial charge is 0.192 e. The summed E-state index contributed by atoms with van der Waals surface area (Å²) in [6, 6.07) is 0. The zero-order valence-electron chi connectivity index (χ0n) is 17.1. The molecule has 2 saturated heterocycles. The first-order valence-electron chi connectivity index (χ1n) is 9.11. The molecule has 140 valence electrons. The van der Waals surface area contributed by atoms with Crippen molar-refractivity contribution in [1.29, 1.82) is 0 Å². The van der Waals surface area contributed by atoms with Crippen molar-refractivity contribution in [3.8, 4) is 0 Å². The predicted octanol–water partition coefficient (Wildman–Crippen LogP) is 4.51. The molecule has 0 spiro atoms. The van der Waals surface area contributed by atoms with Gasteiger partial charge < -0.3 is 13.6 Å². The highest BCUT2D eigenvalue weighted by Crippen LogP contribution is 2.46. The first-order valence-corrected chi connectivity index (χ1v) is 14.9. The second-order valence-corrected chi connectivity index (χ2v) is 20.0. The van der Waals surface area contributed by atoms with Crippen molar-refractivity contribution in [1.82, 2.24) is 0 Å². The van der Waals surface area contributed by atoms with E-state index in [1.54, 1.807) is 0 Å². The molecule has 0 radical (unpaired) electrons. The monoisotopic (exact) mass is 372 g/mol. The highest BCUT2D eigenvalue weighted by atomic mass is 28.4. The van der Waals surface area contributed by atoms with Crippen LogP contribution in [0.4, 0.5) is 0 Å². The van der Waals surface area contributed by atoms with Crippen LogP contribution in [-0.4, -0.2) is 46.8 Å². The molecule has 4 atom stereocenters. The van der Waals surface area contributed by atoms with Gasteiger partial charge in [0, 0.05) is 6.42 Å². The third-order valence-corrected chi connectivity index (χ3v) is 15.5. The molecule has 4 nitrogen and oxygen atoms in total.